The summed E-state index contributed by atoms with van der Waals surface area (Å²) in [6, 6.07) is 5.97. The minimum Gasteiger partial charge on any atom is -0.496 e. The number of rotatable bonds is 2. The van der Waals surface area contributed by atoms with Gasteiger partial charge in [0.25, 0.3) is 0 Å². The summed E-state index contributed by atoms with van der Waals surface area (Å²) in [5.74, 6) is 0.763. The van der Waals surface area contributed by atoms with Gasteiger partial charge in [0.15, 0.2) is 0 Å². The number of aryl methyl sites for hydroxylation is 1. The standard InChI is InChI=1S/C10H10BrNO/c1-7-5-8(3-4-12)10(13-2)6-9(7)11/h5-6H,3H2,1-2H3. The third kappa shape index (κ3) is 2.22. The molecule has 0 radical (unpaired) electrons. The number of hydrogen-bond acceptors (Lipinski definition) is 2. The van der Waals surface area contributed by atoms with E-state index >= 15 is 0 Å². The van der Waals surface area contributed by atoms with Gasteiger partial charge in [0, 0.05) is 10.0 Å². The summed E-state index contributed by atoms with van der Waals surface area (Å²) in [5, 5.41) is 8.58. The lowest BCUT2D eigenvalue weighted by Crippen LogP contribution is -1.92. The second-order valence-corrected chi connectivity index (χ2v) is 3.60. The fourth-order valence-electron chi connectivity index (χ4n) is 1.14. The van der Waals surface area contributed by atoms with Crippen LogP contribution in [-0.2, 0) is 6.42 Å². The van der Waals surface area contributed by atoms with Gasteiger partial charge in [0.1, 0.15) is 5.75 Å². The summed E-state index contributed by atoms with van der Waals surface area (Å²) in [5.41, 5.74) is 2.05. The van der Waals surface area contributed by atoms with E-state index in [1.807, 2.05) is 19.1 Å². The van der Waals surface area contributed by atoms with Crippen molar-refractivity contribution in [3.05, 3.63) is 27.7 Å². The van der Waals surface area contributed by atoms with Crippen molar-refractivity contribution in [3.8, 4) is 11.8 Å². The molecule has 1 aromatic rings. The summed E-state index contributed by atoms with van der Waals surface area (Å²) in [6.07, 6.45) is 0.386. The smallest absolute Gasteiger partial charge is 0.124 e. The number of nitriles is 1. The molecule has 0 saturated heterocycles. The van der Waals surface area contributed by atoms with E-state index in [1.54, 1.807) is 7.11 Å². The van der Waals surface area contributed by atoms with Crippen molar-refractivity contribution in [2.45, 2.75) is 13.3 Å². The number of hydrogen-bond donors (Lipinski definition) is 0. The lowest BCUT2D eigenvalue weighted by Gasteiger charge is -2.08. The van der Waals surface area contributed by atoms with Gasteiger partial charge in [-0.25, -0.2) is 0 Å². The normalized spacial score (nSPS) is 9.38. The van der Waals surface area contributed by atoms with Crippen molar-refractivity contribution in [3.63, 3.8) is 0 Å². The summed E-state index contributed by atoms with van der Waals surface area (Å²) in [6.45, 7) is 1.99. The molecule has 68 valence electrons. The quantitative estimate of drug-likeness (QED) is 0.796. The van der Waals surface area contributed by atoms with Crippen molar-refractivity contribution in [1.29, 1.82) is 5.26 Å². The van der Waals surface area contributed by atoms with Crippen LogP contribution in [0.4, 0.5) is 0 Å². The van der Waals surface area contributed by atoms with Gasteiger partial charge in [0.05, 0.1) is 19.6 Å². The van der Waals surface area contributed by atoms with Crippen molar-refractivity contribution in [2.24, 2.45) is 0 Å². The van der Waals surface area contributed by atoms with Gasteiger partial charge >= 0.3 is 0 Å². The molecule has 0 heterocycles. The molecule has 1 aromatic carbocycles. The Morgan fingerprint density at radius 1 is 1.54 bits per heavy atom. The Hall–Kier alpha value is -1.01. The molecule has 0 aliphatic heterocycles. The Labute approximate surface area is 86.3 Å². The van der Waals surface area contributed by atoms with Gasteiger partial charge in [-0.15, -0.1) is 0 Å². The molecule has 13 heavy (non-hydrogen) atoms. The number of benzene rings is 1. The van der Waals surface area contributed by atoms with Gasteiger partial charge < -0.3 is 4.74 Å². The van der Waals surface area contributed by atoms with E-state index in [2.05, 4.69) is 22.0 Å². The van der Waals surface area contributed by atoms with E-state index in [1.165, 1.54) is 0 Å². The minimum absolute atomic E-state index is 0.386. The summed E-state index contributed by atoms with van der Waals surface area (Å²) in [4.78, 5) is 0. The average Bonchev–Trinajstić information content (AvgIpc) is 2.11. The van der Waals surface area contributed by atoms with Crippen LogP contribution in [-0.4, -0.2) is 7.11 Å². The molecule has 0 aliphatic carbocycles. The molecule has 0 N–H and O–H groups in total. The summed E-state index contributed by atoms with van der Waals surface area (Å²) >= 11 is 3.41. The van der Waals surface area contributed by atoms with Crippen LogP contribution in [0.2, 0.25) is 0 Å². The molecule has 0 aliphatic rings. The van der Waals surface area contributed by atoms with E-state index < -0.39 is 0 Å². The molecule has 2 nitrogen and oxygen atoms in total. The predicted octanol–water partition coefficient (Wildman–Crippen LogP) is 2.83. The second-order valence-electron chi connectivity index (χ2n) is 2.75. The molecule has 3 heteroatoms. The molecule has 0 fully saturated rings. The van der Waals surface area contributed by atoms with Crippen LogP contribution in [0.15, 0.2) is 16.6 Å². The highest BCUT2D eigenvalue weighted by Crippen LogP contribution is 2.27. The van der Waals surface area contributed by atoms with Crippen molar-refractivity contribution in [1.82, 2.24) is 0 Å². The van der Waals surface area contributed by atoms with Crippen molar-refractivity contribution >= 4 is 15.9 Å². The Kier molecular flexibility index (Phi) is 3.32. The minimum atomic E-state index is 0.386. The van der Waals surface area contributed by atoms with Crippen molar-refractivity contribution in [2.75, 3.05) is 7.11 Å². The summed E-state index contributed by atoms with van der Waals surface area (Å²) in [7, 11) is 1.61. The molecular formula is C10H10BrNO. The first-order valence-corrected chi connectivity index (χ1v) is 4.68. The van der Waals surface area contributed by atoms with Gasteiger partial charge in [-0.2, -0.15) is 5.26 Å². The number of nitrogens with zero attached hydrogens (tertiary/aromatic N) is 1. The highest BCUT2D eigenvalue weighted by molar-refractivity contribution is 9.10. The van der Waals surface area contributed by atoms with E-state index in [9.17, 15) is 0 Å². The molecule has 0 aromatic heterocycles. The third-order valence-electron chi connectivity index (χ3n) is 1.83. The number of halogens is 1. The molecule has 0 unspecified atom stereocenters. The Balaban J connectivity index is 3.18. The highest BCUT2D eigenvalue weighted by atomic mass is 79.9. The van der Waals surface area contributed by atoms with Gasteiger partial charge in [-0.05, 0) is 18.6 Å². The Morgan fingerprint density at radius 3 is 2.77 bits per heavy atom. The van der Waals surface area contributed by atoms with Crippen LogP contribution in [0.1, 0.15) is 11.1 Å². The Morgan fingerprint density at radius 2 is 2.23 bits per heavy atom. The first-order chi connectivity index (χ1) is 6.19. The maximum absolute atomic E-state index is 8.58. The second kappa shape index (κ2) is 4.29. The molecule has 0 bridgehead atoms. The maximum atomic E-state index is 8.58. The number of ether oxygens (including phenoxy) is 1. The predicted molar refractivity (Wildman–Crippen MR) is 54.7 cm³/mol. The zero-order valence-electron chi connectivity index (χ0n) is 7.60. The van der Waals surface area contributed by atoms with Crippen LogP contribution in [0.25, 0.3) is 0 Å². The molecule has 0 atom stereocenters. The molecular weight excluding hydrogens is 230 g/mol. The molecule has 1 rings (SSSR count). The topological polar surface area (TPSA) is 33.0 Å². The molecule has 0 amide bonds. The lowest BCUT2D eigenvalue weighted by molar-refractivity contribution is 0.410. The molecule has 0 saturated carbocycles. The van der Waals surface area contributed by atoms with Crippen molar-refractivity contribution < 1.29 is 4.74 Å². The monoisotopic (exact) mass is 239 g/mol. The van der Waals surface area contributed by atoms with Crippen LogP contribution < -0.4 is 4.74 Å². The summed E-state index contributed by atoms with van der Waals surface area (Å²) < 4.78 is 6.16. The largest absolute Gasteiger partial charge is 0.496 e. The third-order valence-corrected chi connectivity index (χ3v) is 2.69. The maximum Gasteiger partial charge on any atom is 0.124 e. The van der Waals surface area contributed by atoms with Crippen LogP contribution >= 0.6 is 15.9 Å². The lowest BCUT2D eigenvalue weighted by atomic mass is 10.1. The van der Waals surface area contributed by atoms with Gasteiger partial charge in [-0.1, -0.05) is 22.0 Å². The zero-order valence-corrected chi connectivity index (χ0v) is 9.18. The van der Waals surface area contributed by atoms with Crippen LogP contribution in [0.5, 0.6) is 5.75 Å². The first kappa shape index (κ1) is 10.1. The fraction of sp³-hybridized carbons (Fsp3) is 0.300. The SMILES string of the molecule is COc1cc(Br)c(C)cc1CC#N. The molecule has 0 spiro atoms. The van der Waals surface area contributed by atoms with E-state index in [0.29, 0.717) is 6.42 Å². The highest BCUT2D eigenvalue weighted by Gasteiger charge is 2.05. The first-order valence-electron chi connectivity index (χ1n) is 3.89. The van der Waals surface area contributed by atoms with Crippen LogP contribution in [0.3, 0.4) is 0 Å². The fourth-order valence-corrected chi connectivity index (χ4v) is 1.46. The van der Waals surface area contributed by atoms with E-state index in [0.717, 1.165) is 21.3 Å². The average molecular weight is 240 g/mol. The van der Waals surface area contributed by atoms with E-state index in [4.69, 9.17) is 10.00 Å². The zero-order chi connectivity index (χ0) is 9.84. The number of methoxy groups -OCH3 is 1. The van der Waals surface area contributed by atoms with Gasteiger partial charge in [0.2, 0.25) is 0 Å². The van der Waals surface area contributed by atoms with E-state index in [-0.39, 0.29) is 0 Å². The van der Waals surface area contributed by atoms with Gasteiger partial charge in [-0.3, -0.25) is 0 Å². The van der Waals surface area contributed by atoms with Crippen LogP contribution in [0, 0.1) is 18.3 Å². The Bertz CT molecular complexity index is 355.